The molecule has 3 fully saturated rings. The summed E-state index contributed by atoms with van der Waals surface area (Å²) in [5, 5.41) is 0. The monoisotopic (exact) mass is 482 g/mol. The van der Waals surface area contributed by atoms with Gasteiger partial charge in [0.2, 0.25) is 10.0 Å². The van der Waals surface area contributed by atoms with Gasteiger partial charge in [0, 0.05) is 29.9 Å². The normalized spacial score (nSPS) is 21.9. The Bertz CT molecular complexity index is 1340. The van der Waals surface area contributed by atoms with Gasteiger partial charge in [-0.1, -0.05) is 12.1 Å². The van der Waals surface area contributed by atoms with Gasteiger partial charge < -0.3 is 0 Å². The fourth-order valence-corrected chi connectivity index (χ4v) is 6.90. The van der Waals surface area contributed by atoms with Crippen molar-refractivity contribution in [3.63, 3.8) is 0 Å². The van der Waals surface area contributed by atoms with Crippen molar-refractivity contribution in [2.24, 2.45) is 5.92 Å². The van der Waals surface area contributed by atoms with Crippen LogP contribution in [0.2, 0.25) is 0 Å². The minimum Gasteiger partial charge on any atom is -0.298 e. The summed E-state index contributed by atoms with van der Waals surface area (Å²) in [6.45, 7) is 1.87. The molecule has 1 aliphatic carbocycles. The third-order valence-electron chi connectivity index (χ3n) is 6.81. The van der Waals surface area contributed by atoms with Crippen molar-refractivity contribution in [3.05, 3.63) is 83.7 Å². The summed E-state index contributed by atoms with van der Waals surface area (Å²) in [6.07, 6.45) is 3.41. The lowest BCUT2D eigenvalue weighted by Gasteiger charge is -2.25. The molecule has 2 bridgehead atoms. The maximum absolute atomic E-state index is 14.3. The molecule has 1 aromatic heterocycles. The Morgan fingerprint density at radius 2 is 1.74 bits per heavy atom. The topological polar surface area (TPSA) is 67.3 Å². The fraction of sp³-hybridized carbons (Fsp3) is 0.308. The number of pyridine rings is 1. The Morgan fingerprint density at radius 1 is 1.00 bits per heavy atom. The number of sulfonamides is 1. The van der Waals surface area contributed by atoms with Crippen molar-refractivity contribution in [3.8, 4) is 11.1 Å². The minimum atomic E-state index is -3.91. The molecule has 0 radical (unpaired) electrons. The number of nitrogens with zero attached hydrogens (tertiary/aromatic N) is 2. The Balaban J connectivity index is 1.33. The maximum Gasteiger partial charge on any atom is 0.243 e. The van der Waals surface area contributed by atoms with E-state index in [9.17, 15) is 22.0 Å². The van der Waals surface area contributed by atoms with Crippen LogP contribution in [0.1, 0.15) is 30.5 Å². The maximum atomic E-state index is 14.3. The highest BCUT2D eigenvalue weighted by Crippen LogP contribution is 2.49. The first-order valence-corrected chi connectivity index (χ1v) is 12.7. The van der Waals surface area contributed by atoms with Crippen LogP contribution in [0, 0.1) is 24.5 Å². The molecule has 34 heavy (non-hydrogen) atoms. The van der Waals surface area contributed by atoms with Crippen molar-refractivity contribution in [2.75, 3.05) is 0 Å². The third kappa shape index (κ3) is 4.16. The molecule has 0 amide bonds. The summed E-state index contributed by atoms with van der Waals surface area (Å²) in [7, 11) is -3.91. The molecule has 5 nitrogen and oxygen atoms in total. The van der Waals surface area contributed by atoms with E-state index in [2.05, 4.69) is 4.98 Å². The molecule has 2 aliphatic heterocycles. The van der Waals surface area contributed by atoms with Gasteiger partial charge in [-0.05, 0) is 85.7 Å². The average Bonchev–Trinajstić information content (AvgIpc) is 3.35. The highest BCUT2D eigenvalue weighted by atomic mass is 32.2. The van der Waals surface area contributed by atoms with Crippen LogP contribution in [0.3, 0.4) is 0 Å². The lowest BCUT2D eigenvalue weighted by atomic mass is 9.81. The lowest BCUT2D eigenvalue weighted by Crippen LogP contribution is -2.41. The summed E-state index contributed by atoms with van der Waals surface area (Å²) < 4.78 is 55.4. The van der Waals surface area contributed by atoms with Gasteiger partial charge in [-0.25, -0.2) is 17.2 Å². The van der Waals surface area contributed by atoms with Gasteiger partial charge in [-0.2, -0.15) is 4.31 Å². The summed E-state index contributed by atoms with van der Waals surface area (Å²) in [4.78, 5) is 17.4. The van der Waals surface area contributed by atoms with Crippen LogP contribution in [-0.2, 0) is 21.2 Å². The van der Waals surface area contributed by atoms with E-state index in [0.29, 0.717) is 30.4 Å². The third-order valence-corrected chi connectivity index (χ3v) is 8.76. The van der Waals surface area contributed by atoms with Crippen LogP contribution >= 0.6 is 0 Å². The second-order valence-corrected chi connectivity index (χ2v) is 11.0. The fourth-order valence-electron chi connectivity index (χ4n) is 5.02. The number of benzene rings is 2. The zero-order valence-electron chi connectivity index (χ0n) is 18.6. The van der Waals surface area contributed by atoms with E-state index in [-0.39, 0.29) is 29.1 Å². The average molecular weight is 483 g/mol. The number of ketones is 1. The van der Waals surface area contributed by atoms with E-state index in [1.807, 2.05) is 25.1 Å². The molecule has 0 N–H and O–H groups in total. The molecule has 6 rings (SSSR count). The Labute approximate surface area is 197 Å². The standard InChI is InChI=1S/C26H24F2N2O3S/c1-16-2-4-18(15-29-16)19-10-17(11-22(28)12-19)3-9-25(31)26-20-13-23(14-20)30(26)34(32,33)24-7-5-21(27)6-8-24/h2,4-8,10-12,15,20,23,26H,3,9,13-14H2,1H3/t20?,23?,26-/m0/s1. The molecule has 1 saturated carbocycles. The first kappa shape index (κ1) is 22.8. The Hall–Kier alpha value is -2.97. The van der Waals surface area contributed by atoms with Gasteiger partial charge in [-0.3, -0.25) is 9.78 Å². The number of hydrogen-bond donors (Lipinski definition) is 0. The van der Waals surface area contributed by atoms with Gasteiger partial charge in [0.05, 0.1) is 10.9 Å². The number of Topliss-reactive ketones (excluding diaryl/α,β-unsaturated/α-hetero) is 1. The molecule has 2 saturated heterocycles. The smallest absolute Gasteiger partial charge is 0.243 e. The number of halogens is 2. The Kier molecular flexibility index (Phi) is 5.81. The predicted molar refractivity (Wildman–Crippen MR) is 123 cm³/mol. The van der Waals surface area contributed by atoms with E-state index in [4.69, 9.17) is 0 Å². The molecule has 3 heterocycles. The summed E-state index contributed by atoms with van der Waals surface area (Å²) in [6, 6.07) is 12.1. The van der Waals surface area contributed by atoms with Crippen LogP contribution in [0.5, 0.6) is 0 Å². The van der Waals surface area contributed by atoms with Crippen molar-refractivity contribution >= 4 is 15.8 Å². The highest BCUT2D eigenvalue weighted by Gasteiger charge is 2.57. The molecule has 0 spiro atoms. The quantitative estimate of drug-likeness (QED) is 0.490. The van der Waals surface area contributed by atoms with Crippen LogP contribution in [0.15, 0.2) is 65.7 Å². The Morgan fingerprint density at radius 3 is 2.41 bits per heavy atom. The van der Waals surface area contributed by atoms with E-state index in [0.717, 1.165) is 23.4 Å². The minimum absolute atomic E-state index is 0.00516. The summed E-state index contributed by atoms with van der Waals surface area (Å²) in [5.41, 5.74) is 2.99. The number of carbonyl (C=O) groups excluding carboxylic acids is 1. The van der Waals surface area contributed by atoms with Crippen LogP contribution < -0.4 is 0 Å². The van der Waals surface area contributed by atoms with E-state index in [1.54, 1.807) is 6.20 Å². The first-order chi connectivity index (χ1) is 16.2. The number of fused-ring (bicyclic) bond motifs is 1. The van der Waals surface area contributed by atoms with E-state index < -0.39 is 27.7 Å². The molecular weight excluding hydrogens is 458 g/mol. The second-order valence-electron chi connectivity index (χ2n) is 9.12. The molecule has 176 valence electrons. The van der Waals surface area contributed by atoms with Gasteiger partial charge >= 0.3 is 0 Å². The second kappa shape index (κ2) is 8.67. The number of hydrogen-bond acceptors (Lipinski definition) is 4. The van der Waals surface area contributed by atoms with Crippen molar-refractivity contribution < 1.29 is 22.0 Å². The summed E-state index contributed by atoms with van der Waals surface area (Å²) >= 11 is 0. The van der Waals surface area contributed by atoms with Crippen molar-refractivity contribution in [1.29, 1.82) is 0 Å². The zero-order chi connectivity index (χ0) is 24.0. The largest absolute Gasteiger partial charge is 0.298 e. The predicted octanol–water partition coefficient (Wildman–Crippen LogP) is 4.69. The molecule has 3 aromatic rings. The van der Waals surface area contributed by atoms with E-state index >= 15 is 0 Å². The van der Waals surface area contributed by atoms with E-state index in [1.165, 1.54) is 28.6 Å². The van der Waals surface area contributed by atoms with Crippen molar-refractivity contribution in [2.45, 2.75) is 49.6 Å². The van der Waals surface area contributed by atoms with Crippen LogP contribution in [-0.4, -0.2) is 35.6 Å². The van der Waals surface area contributed by atoms with Crippen LogP contribution in [0.25, 0.3) is 11.1 Å². The van der Waals surface area contributed by atoms with Gasteiger partial charge in [-0.15, -0.1) is 0 Å². The zero-order valence-corrected chi connectivity index (χ0v) is 19.4. The molecule has 2 aromatic carbocycles. The van der Waals surface area contributed by atoms with Crippen LogP contribution in [0.4, 0.5) is 8.78 Å². The van der Waals surface area contributed by atoms with Gasteiger partial charge in [0.1, 0.15) is 11.6 Å². The van der Waals surface area contributed by atoms with Gasteiger partial charge in [0.15, 0.2) is 5.78 Å². The number of carbonyl (C=O) groups is 1. The number of aryl methyl sites for hydroxylation is 2. The molecule has 8 heteroatoms. The van der Waals surface area contributed by atoms with Gasteiger partial charge in [0.25, 0.3) is 0 Å². The number of rotatable bonds is 7. The first-order valence-electron chi connectivity index (χ1n) is 11.3. The lowest BCUT2D eigenvalue weighted by molar-refractivity contribution is -0.122. The summed E-state index contributed by atoms with van der Waals surface area (Å²) in [5.74, 6) is -1.09. The molecule has 3 aliphatic rings. The molecule has 1 atom stereocenters. The highest BCUT2D eigenvalue weighted by molar-refractivity contribution is 7.89. The van der Waals surface area contributed by atoms with Crippen molar-refractivity contribution in [1.82, 2.24) is 9.29 Å². The molecular formula is C26H24F2N2O3S. The number of aromatic nitrogens is 1. The SMILES string of the molecule is Cc1ccc(-c2cc(F)cc(CCC(=O)[C@@H]3C4CC(C4)N3S(=O)(=O)c3ccc(F)cc3)c2)cn1. The molecule has 0 unspecified atom stereocenters.